The van der Waals surface area contributed by atoms with Crippen LogP contribution in [0.3, 0.4) is 0 Å². The first kappa shape index (κ1) is 30.4. The van der Waals surface area contributed by atoms with Crippen molar-refractivity contribution in [2.24, 2.45) is 0 Å². The van der Waals surface area contributed by atoms with Gasteiger partial charge < -0.3 is 35.6 Å². The van der Waals surface area contributed by atoms with E-state index in [2.05, 4.69) is 25.3 Å². The van der Waals surface area contributed by atoms with Gasteiger partial charge in [-0.05, 0) is 5.56 Å². The minimum absolute atomic E-state index is 0. The maximum Gasteiger partial charge on any atom is 0.173 e. The fourth-order valence-electron chi connectivity index (χ4n) is 2.20. The second-order valence-electron chi connectivity index (χ2n) is 4.74. The summed E-state index contributed by atoms with van der Waals surface area (Å²) in [5.41, 5.74) is 0.477. The molecule has 10 nitrogen and oxygen atoms in total. The zero-order valence-electron chi connectivity index (χ0n) is 13.8. The number of aliphatic hydroxyl groups is 4. The van der Waals surface area contributed by atoms with Crippen LogP contribution in [0.25, 0.3) is 0 Å². The molecule has 1 aromatic carbocycles. The van der Waals surface area contributed by atoms with Crippen molar-refractivity contribution in [3.8, 4) is 5.75 Å². The SMILES string of the molecule is [186Re].[C-]#[O+].[C-]#[O+].[C-]#[O+].[O-]c1ccccc1CN[C@H]1C(O)O[C@H](CO)[C@@H](O)[C@@H]1O. The molecule has 0 spiro atoms. The first-order chi connectivity index (χ1) is 12.5. The Hall–Kier alpha value is -1.34. The third-order valence-corrected chi connectivity index (χ3v) is 3.40. The van der Waals surface area contributed by atoms with Crippen LogP contribution in [0.2, 0.25) is 0 Å². The Morgan fingerprint density at radius 1 is 1.00 bits per heavy atom. The first-order valence-electron chi connectivity index (χ1n) is 6.94. The maximum atomic E-state index is 11.5. The number of aliphatic hydroxyl groups excluding tert-OH is 4. The van der Waals surface area contributed by atoms with Crippen LogP contribution in [-0.4, -0.2) is 57.7 Å². The van der Waals surface area contributed by atoms with Crippen LogP contribution in [0.15, 0.2) is 24.3 Å². The molecule has 1 aliphatic heterocycles. The number of hydrogen-bond acceptors (Lipinski definition) is 7. The van der Waals surface area contributed by atoms with Gasteiger partial charge in [0.1, 0.15) is 18.3 Å². The van der Waals surface area contributed by atoms with E-state index < -0.39 is 37.3 Å². The molecule has 0 saturated carbocycles. The van der Waals surface area contributed by atoms with E-state index in [1.54, 1.807) is 18.2 Å². The molecule has 1 fully saturated rings. The largest absolute Gasteiger partial charge is 0.872 e. The summed E-state index contributed by atoms with van der Waals surface area (Å²) in [5, 5.41) is 52.7. The minimum atomic E-state index is -1.38. The van der Waals surface area contributed by atoms with Crippen molar-refractivity contribution in [1.82, 2.24) is 5.32 Å². The van der Waals surface area contributed by atoms with Gasteiger partial charge in [0, 0.05) is 27.0 Å². The zero-order valence-corrected chi connectivity index (χ0v) is 16.5. The van der Waals surface area contributed by atoms with E-state index in [1.165, 1.54) is 6.07 Å². The number of benzene rings is 1. The molecule has 0 bridgehead atoms. The number of nitrogens with one attached hydrogen (secondary N) is 1. The average molecular weight is 554 g/mol. The van der Waals surface area contributed by atoms with Gasteiger partial charge in [0.05, 0.1) is 12.6 Å². The Morgan fingerprint density at radius 3 is 2.00 bits per heavy atom. The first-order valence-corrected chi connectivity index (χ1v) is 6.94. The Kier molecular flexibility index (Phi) is 20.3. The molecular formula is C16H18NO9Re-. The molecule has 1 unspecified atom stereocenters. The molecule has 1 saturated heterocycles. The second kappa shape index (κ2) is 18.0. The van der Waals surface area contributed by atoms with Crippen molar-refractivity contribution in [3.05, 3.63) is 49.8 Å². The topological polar surface area (TPSA) is 185 Å². The van der Waals surface area contributed by atoms with E-state index in [9.17, 15) is 20.4 Å². The molecule has 1 aromatic rings. The molecule has 149 valence electrons. The molecule has 2 rings (SSSR count). The molecule has 1 radical (unpaired) electrons. The van der Waals surface area contributed by atoms with Crippen molar-refractivity contribution in [1.29, 1.82) is 0 Å². The van der Waals surface area contributed by atoms with Crippen molar-refractivity contribution in [3.63, 3.8) is 0 Å². The van der Waals surface area contributed by atoms with E-state index >= 15 is 0 Å². The van der Waals surface area contributed by atoms with Crippen LogP contribution < -0.4 is 10.4 Å². The van der Waals surface area contributed by atoms with E-state index in [0.29, 0.717) is 5.56 Å². The van der Waals surface area contributed by atoms with Crippen LogP contribution in [0.1, 0.15) is 5.56 Å². The van der Waals surface area contributed by atoms with Crippen LogP contribution in [0.5, 0.6) is 5.75 Å². The standard InChI is InChI=1S/C13H19NO6.3CO.Re/c15-6-9-11(17)12(18)10(13(19)20-9)14-5-7-3-1-2-4-8(7)16;3*1-2;/h1-4,9-19H,5-6H2;;;;/p-1/t9-,10-,11-,12-,13?;;;;/m1..../s1/i;;;;1+0. The van der Waals surface area contributed by atoms with Gasteiger partial charge in [0.15, 0.2) is 6.29 Å². The summed E-state index contributed by atoms with van der Waals surface area (Å²) in [6, 6.07) is 5.42. The van der Waals surface area contributed by atoms with Crippen LogP contribution >= 0.6 is 0 Å². The minimum Gasteiger partial charge on any atom is -0.872 e. The fraction of sp³-hybridized carbons (Fsp3) is 0.438. The van der Waals surface area contributed by atoms with Crippen molar-refractivity contribution in [2.75, 3.05) is 6.61 Å². The molecule has 5 atom stereocenters. The summed E-state index contributed by atoms with van der Waals surface area (Å²) >= 11 is 0. The second-order valence-corrected chi connectivity index (χ2v) is 4.74. The summed E-state index contributed by atoms with van der Waals surface area (Å²) in [4.78, 5) is 0. The average Bonchev–Trinajstić information content (AvgIpc) is 2.70. The van der Waals surface area contributed by atoms with E-state index in [1.807, 2.05) is 0 Å². The van der Waals surface area contributed by atoms with Gasteiger partial charge in [-0.3, -0.25) is 0 Å². The molecule has 27 heavy (non-hydrogen) atoms. The van der Waals surface area contributed by atoms with Gasteiger partial charge in [-0.25, -0.2) is 0 Å². The molecular weight excluding hydrogens is 536 g/mol. The predicted octanol–water partition coefficient (Wildman–Crippen LogP) is -2.47. The number of ether oxygens (including phenoxy) is 1. The normalized spacial score (nSPS) is 25.5. The van der Waals surface area contributed by atoms with Gasteiger partial charge in [0.2, 0.25) is 0 Å². The monoisotopic (exact) mass is 554 g/mol. The van der Waals surface area contributed by atoms with Crippen LogP contribution in [0.4, 0.5) is 0 Å². The Morgan fingerprint density at radius 2 is 1.52 bits per heavy atom. The Balaban J connectivity index is -0.000000749. The van der Waals surface area contributed by atoms with Gasteiger partial charge in [-0.1, -0.05) is 24.3 Å². The number of para-hydroxylation sites is 1. The number of hydrogen-bond donors (Lipinski definition) is 5. The van der Waals surface area contributed by atoms with Crippen molar-refractivity contribution >= 4 is 0 Å². The Labute approximate surface area is 169 Å². The predicted molar refractivity (Wildman–Crippen MR) is 78.3 cm³/mol. The third-order valence-electron chi connectivity index (χ3n) is 3.40. The molecule has 1 aliphatic rings. The molecule has 1 heterocycles. The van der Waals surface area contributed by atoms with Crippen LogP contribution in [-0.2, 0) is 45.7 Å². The maximum absolute atomic E-state index is 11.5. The van der Waals surface area contributed by atoms with E-state index in [-0.39, 0.29) is 32.7 Å². The van der Waals surface area contributed by atoms with Gasteiger partial charge in [0.25, 0.3) is 0 Å². The van der Waals surface area contributed by atoms with E-state index in [4.69, 9.17) is 23.8 Å². The fourth-order valence-corrected chi connectivity index (χ4v) is 2.20. The summed E-state index contributed by atoms with van der Waals surface area (Å²) in [6.45, 7) is 13.1. The zero-order chi connectivity index (χ0) is 20.7. The molecule has 0 aromatic heterocycles. The van der Waals surface area contributed by atoms with Crippen molar-refractivity contribution in [2.45, 2.75) is 37.2 Å². The molecule has 0 aliphatic carbocycles. The smallest absolute Gasteiger partial charge is 0.173 e. The molecule has 0 amide bonds. The van der Waals surface area contributed by atoms with Gasteiger partial charge >= 0.3 is 33.9 Å². The summed E-state index contributed by atoms with van der Waals surface area (Å²) in [7, 11) is 0. The molecule has 11 heteroatoms. The Bertz CT molecular complexity index is 552. The summed E-state index contributed by atoms with van der Waals surface area (Å²) in [6.07, 6.45) is -5.05. The van der Waals surface area contributed by atoms with E-state index in [0.717, 1.165) is 0 Å². The molecule has 5 N–H and O–H groups in total. The van der Waals surface area contributed by atoms with Crippen LogP contribution in [0, 0.1) is 20.0 Å². The summed E-state index contributed by atoms with van der Waals surface area (Å²) < 4.78 is 27.5. The third kappa shape index (κ3) is 9.42. The quantitative estimate of drug-likeness (QED) is 0.202. The van der Waals surface area contributed by atoms with Gasteiger partial charge in [-0.2, -0.15) is 0 Å². The summed E-state index contributed by atoms with van der Waals surface area (Å²) in [5.74, 6) is -0.158. The van der Waals surface area contributed by atoms with Gasteiger partial charge in [-0.15, -0.1) is 5.75 Å². The van der Waals surface area contributed by atoms with Crippen molar-refractivity contribution < 1.29 is 64.6 Å². The number of rotatable bonds is 4.